The Bertz CT molecular complexity index is 1020. The van der Waals surface area contributed by atoms with Crippen LogP contribution >= 0.6 is 0 Å². The third kappa shape index (κ3) is 6.99. The maximum Gasteiger partial charge on any atom is 0.253 e. The van der Waals surface area contributed by atoms with E-state index in [1.807, 2.05) is 20.8 Å². The van der Waals surface area contributed by atoms with Crippen LogP contribution in [0.25, 0.3) is 0 Å². The summed E-state index contributed by atoms with van der Waals surface area (Å²) in [7, 11) is -3.75. The molecular formula is C22H29N3O5S. The van der Waals surface area contributed by atoms with Gasteiger partial charge in [-0.2, -0.15) is 0 Å². The van der Waals surface area contributed by atoms with Crippen LogP contribution in [0.5, 0.6) is 5.75 Å². The van der Waals surface area contributed by atoms with Crippen molar-refractivity contribution in [3.63, 3.8) is 0 Å². The summed E-state index contributed by atoms with van der Waals surface area (Å²) in [4.78, 5) is 25.3. The lowest BCUT2D eigenvalue weighted by Crippen LogP contribution is -2.38. The van der Waals surface area contributed by atoms with Gasteiger partial charge in [0.15, 0.2) is 0 Å². The van der Waals surface area contributed by atoms with Crippen molar-refractivity contribution >= 4 is 33.2 Å². The van der Waals surface area contributed by atoms with Crippen molar-refractivity contribution in [1.82, 2.24) is 5.32 Å². The van der Waals surface area contributed by atoms with Gasteiger partial charge in [0.2, 0.25) is 15.9 Å². The quantitative estimate of drug-likeness (QED) is 0.583. The summed E-state index contributed by atoms with van der Waals surface area (Å²) in [5, 5.41) is 5.52. The highest BCUT2D eigenvalue weighted by atomic mass is 32.2. The zero-order chi connectivity index (χ0) is 23.0. The van der Waals surface area contributed by atoms with Crippen molar-refractivity contribution in [2.45, 2.75) is 33.2 Å². The maximum absolute atomic E-state index is 12.7. The van der Waals surface area contributed by atoms with E-state index in [-0.39, 0.29) is 11.9 Å². The molecule has 2 aromatic carbocycles. The molecule has 2 rings (SSSR count). The number of hydrogen-bond donors (Lipinski definition) is 2. The average molecular weight is 448 g/mol. The maximum atomic E-state index is 12.7. The van der Waals surface area contributed by atoms with Crippen molar-refractivity contribution in [2.75, 3.05) is 29.0 Å². The molecule has 1 atom stereocenters. The van der Waals surface area contributed by atoms with Crippen molar-refractivity contribution in [3.05, 3.63) is 54.1 Å². The van der Waals surface area contributed by atoms with Gasteiger partial charge in [0, 0.05) is 12.1 Å². The van der Waals surface area contributed by atoms with Crippen molar-refractivity contribution in [1.29, 1.82) is 0 Å². The molecule has 0 bridgehead atoms. The first-order chi connectivity index (χ1) is 14.7. The van der Waals surface area contributed by atoms with Crippen LogP contribution in [-0.4, -0.2) is 45.7 Å². The number of carbonyl (C=O) groups excluding carboxylic acids is 2. The Balaban J connectivity index is 2.23. The molecule has 168 valence electrons. The molecule has 0 spiro atoms. The molecule has 0 aromatic heterocycles. The Morgan fingerprint density at radius 3 is 2.45 bits per heavy atom. The molecule has 9 heteroatoms. The Labute approximate surface area is 183 Å². The summed E-state index contributed by atoms with van der Waals surface area (Å²) in [5.74, 6) is -0.383. The number of ether oxygens (including phenoxy) is 1. The third-order valence-electron chi connectivity index (χ3n) is 4.54. The molecule has 0 heterocycles. The molecule has 0 fully saturated rings. The smallest absolute Gasteiger partial charge is 0.253 e. The first-order valence-electron chi connectivity index (χ1n) is 10.1. The second-order valence-corrected chi connectivity index (χ2v) is 8.98. The second kappa shape index (κ2) is 10.8. The zero-order valence-electron chi connectivity index (χ0n) is 18.2. The number of carbonyl (C=O) groups is 2. The van der Waals surface area contributed by atoms with Crippen LogP contribution in [-0.2, 0) is 14.8 Å². The van der Waals surface area contributed by atoms with Gasteiger partial charge in [-0.1, -0.05) is 25.1 Å². The summed E-state index contributed by atoms with van der Waals surface area (Å²) >= 11 is 0. The molecule has 0 aliphatic carbocycles. The van der Waals surface area contributed by atoms with E-state index in [1.165, 1.54) is 0 Å². The summed E-state index contributed by atoms with van der Waals surface area (Å²) in [5.41, 5.74) is 0.927. The standard InChI is InChI=1S/C22H29N3O5S/c1-5-16(3)23-22(27)19-12-7-8-13-20(19)24-21(26)15-25(31(4,28)29)17-10-9-11-18(14-17)30-6-2/h7-14,16H,5-6,15H2,1-4H3,(H,23,27)(H,24,26)/t16-/m0/s1. The normalized spacial score (nSPS) is 12.0. The molecule has 0 saturated carbocycles. The number of rotatable bonds is 10. The third-order valence-corrected chi connectivity index (χ3v) is 5.68. The molecule has 0 aliphatic rings. The van der Waals surface area contributed by atoms with Gasteiger partial charge in [-0.05, 0) is 44.5 Å². The van der Waals surface area contributed by atoms with E-state index in [0.29, 0.717) is 29.3 Å². The summed E-state index contributed by atoms with van der Waals surface area (Å²) in [6.45, 7) is 5.65. The highest BCUT2D eigenvalue weighted by molar-refractivity contribution is 7.92. The Morgan fingerprint density at radius 1 is 1.10 bits per heavy atom. The summed E-state index contributed by atoms with van der Waals surface area (Å²) in [6, 6.07) is 13.1. The minimum absolute atomic E-state index is 0.0189. The Hall–Kier alpha value is -3.07. The van der Waals surface area contributed by atoms with Crippen LogP contribution in [0, 0.1) is 0 Å². The van der Waals surface area contributed by atoms with E-state index in [0.717, 1.165) is 17.0 Å². The average Bonchev–Trinajstić information content (AvgIpc) is 2.72. The molecule has 0 radical (unpaired) electrons. The van der Waals surface area contributed by atoms with Gasteiger partial charge in [0.05, 0.1) is 29.8 Å². The SMILES string of the molecule is CCOc1cccc(N(CC(=O)Nc2ccccc2C(=O)N[C@@H](C)CC)S(C)(=O)=O)c1. The number of sulfonamides is 1. The first-order valence-corrected chi connectivity index (χ1v) is 11.9. The first kappa shape index (κ1) is 24.2. The van der Waals surface area contributed by atoms with E-state index in [9.17, 15) is 18.0 Å². The molecule has 8 nitrogen and oxygen atoms in total. The topological polar surface area (TPSA) is 105 Å². The number of nitrogens with zero attached hydrogens (tertiary/aromatic N) is 1. The van der Waals surface area contributed by atoms with Crippen LogP contribution in [0.4, 0.5) is 11.4 Å². The lowest BCUT2D eigenvalue weighted by atomic mass is 10.1. The van der Waals surface area contributed by atoms with E-state index in [1.54, 1.807) is 48.5 Å². The number of anilines is 2. The minimum atomic E-state index is -3.75. The number of benzene rings is 2. The molecule has 0 saturated heterocycles. The second-order valence-electron chi connectivity index (χ2n) is 7.08. The van der Waals surface area contributed by atoms with Gasteiger partial charge >= 0.3 is 0 Å². The largest absolute Gasteiger partial charge is 0.494 e. The monoisotopic (exact) mass is 447 g/mol. The Kier molecular flexibility index (Phi) is 8.44. The molecule has 0 aliphatic heterocycles. The molecular weight excluding hydrogens is 418 g/mol. The van der Waals surface area contributed by atoms with Gasteiger partial charge in [-0.3, -0.25) is 13.9 Å². The minimum Gasteiger partial charge on any atom is -0.494 e. The van der Waals surface area contributed by atoms with E-state index in [4.69, 9.17) is 4.74 Å². The van der Waals surface area contributed by atoms with Gasteiger partial charge in [0.25, 0.3) is 5.91 Å². The lowest BCUT2D eigenvalue weighted by Gasteiger charge is -2.23. The molecule has 2 amide bonds. The molecule has 0 unspecified atom stereocenters. The van der Waals surface area contributed by atoms with Gasteiger partial charge in [-0.25, -0.2) is 8.42 Å². The van der Waals surface area contributed by atoms with E-state index >= 15 is 0 Å². The van der Waals surface area contributed by atoms with Crippen LogP contribution in [0.3, 0.4) is 0 Å². The highest BCUT2D eigenvalue weighted by Gasteiger charge is 2.22. The number of amides is 2. The van der Waals surface area contributed by atoms with Crippen molar-refractivity contribution in [3.8, 4) is 5.75 Å². The van der Waals surface area contributed by atoms with E-state index < -0.39 is 22.5 Å². The predicted molar refractivity (Wildman–Crippen MR) is 122 cm³/mol. The predicted octanol–water partition coefficient (Wildman–Crippen LogP) is 3.02. The Morgan fingerprint density at radius 2 is 1.81 bits per heavy atom. The van der Waals surface area contributed by atoms with Crippen LogP contribution < -0.4 is 19.7 Å². The lowest BCUT2D eigenvalue weighted by molar-refractivity contribution is -0.114. The number of para-hydroxylation sites is 1. The summed E-state index contributed by atoms with van der Waals surface area (Å²) in [6.07, 6.45) is 1.80. The van der Waals surface area contributed by atoms with Crippen LogP contribution in [0.2, 0.25) is 0 Å². The highest BCUT2D eigenvalue weighted by Crippen LogP contribution is 2.24. The number of nitrogens with one attached hydrogen (secondary N) is 2. The number of hydrogen-bond acceptors (Lipinski definition) is 5. The van der Waals surface area contributed by atoms with Crippen LogP contribution in [0.15, 0.2) is 48.5 Å². The fourth-order valence-electron chi connectivity index (χ4n) is 2.81. The van der Waals surface area contributed by atoms with Crippen LogP contribution in [0.1, 0.15) is 37.6 Å². The zero-order valence-corrected chi connectivity index (χ0v) is 19.0. The molecule has 2 N–H and O–H groups in total. The van der Waals surface area contributed by atoms with Crippen molar-refractivity contribution in [2.24, 2.45) is 0 Å². The van der Waals surface area contributed by atoms with E-state index in [2.05, 4.69) is 10.6 Å². The van der Waals surface area contributed by atoms with Gasteiger partial charge in [-0.15, -0.1) is 0 Å². The molecule has 2 aromatic rings. The fraction of sp³-hybridized carbons (Fsp3) is 0.364. The van der Waals surface area contributed by atoms with Crippen molar-refractivity contribution < 1.29 is 22.7 Å². The van der Waals surface area contributed by atoms with Gasteiger partial charge in [0.1, 0.15) is 12.3 Å². The fourth-order valence-corrected chi connectivity index (χ4v) is 3.66. The summed E-state index contributed by atoms with van der Waals surface area (Å²) < 4.78 is 31.1. The van der Waals surface area contributed by atoms with Gasteiger partial charge < -0.3 is 15.4 Å². The molecule has 31 heavy (non-hydrogen) atoms.